The number of nitrogens with zero attached hydrogens (tertiary/aromatic N) is 1. The van der Waals surface area contributed by atoms with Gasteiger partial charge in [-0.2, -0.15) is 0 Å². The van der Waals surface area contributed by atoms with Crippen LogP contribution in [-0.4, -0.2) is 66.8 Å². The minimum Gasteiger partial charge on any atom is -0.390 e. The molecule has 1 aliphatic carbocycles. The van der Waals surface area contributed by atoms with Crippen molar-refractivity contribution >= 4 is 106 Å². The highest BCUT2D eigenvalue weighted by atomic mass is 35.5. The number of nitrogens with two attached hydrogens (primary N) is 3. The van der Waals surface area contributed by atoms with E-state index in [2.05, 4.69) is 33.0 Å². The SMILES string of the molecule is CC(C)(C)c1ccc(C(=O)c2ccsc2N)cc1.CCc1cc(C(=O)c2ccccc2)c(N)s1.Cc1ccc(C(=O)c2c(N)sc3c2CCC3)cc1.Cc1sc(NC(=O)CN2CCOCC2)c(C(=O)c2ccccc2Cl)c1C. The number of fused-ring (bicyclic) bond motifs is 1. The number of hydrogen-bond donors (Lipinski definition) is 4. The fourth-order valence-corrected chi connectivity index (χ4v) is 12.7. The second kappa shape index (κ2) is 26.9. The summed E-state index contributed by atoms with van der Waals surface area (Å²) in [6.45, 7) is 17.4. The summed E-state index contributed by atoms with van der Waals surface area (Å²) in [4.78, 5) is 67.9. The number of nitrogens with one attached hydrogen (secondary N) is 1. The third kappa shape index (κ3) is 14.8. The number of ketones is 4. The third-order valence-electron chi connectivity index (χ3n) is 13.3. The van der Waals surface area contributed by atoms with Crippen molar-refractivity contribution in [2.24, 2.45) is 0 Å². The highest BCUT2D eigenvalue weighted by Crippen LogP contribution is 2.39. The lowest BCUT2D eigenvalue weighted by Gasteiger charge is -2.25. The lowest BCUT2D eigenvalue weighted by molar-refractivity contribution is -0.118. The number of anilines is 4. The molecule has 11 nitrogen and oxygen atoms in total. The molecule has 5 heterocycles. The molecule has 0 spiro atoms. The molecule has 0 unspecified atom stereocenters. The van der Waals surface area contributed by atoms with Crippen molar-refractivity contribution in [3.05, 3.63) is 207 Å². The Balaban J connectivity index is 0.000000154. The van der Waals surface area contributed by atoms with Crippen molar-refractivity contribution in [1.29, 1.82) is 0 Å². The number of rotatable bonds is 12. The Morgan fingerprint density at radius 1 is 0.654 bits per heavy atom. The van der Waals surface area contributed by atoms with Crippen LogP contribution in [0.25, 0.3) is 0 Å². The van der Waals surface area contributed by atoms with Gasteiger partial charge in [0, 0.05) is 50.0 Å². The predicted octanol–water partition coefficient (Wildman–Crippen LogP) is 13.9. The van der Waals surface area contributed by atoms with Crippen LogP contribution in [0.4, 0.5) is 20.0 Å². The molecule has 1 saturated heterocycles. The van der Waals surface area contributed by atoms with Gasteiger partial charge in [0.15, 0.2) is 23.1 Å². The summed E-state index contributed by atoms with van der Waals surface area (Å²) in [6.07, 6.45) is 4.13. The molecule has 4 aromatic heterocycles. The fourth-order valence-electron chi connectivity index (χ4n) is 8.76. The molecule has 0 saturated carbocycles. The van der Waals surface area contributed by atoms with E-state index in [4.69, 9.17) is 33.5 Å². The normalized spacial score (nSPS) is 12.9. The van der Waals surface area contributed by atoms with E-state index in [1.807, 2.05) is 116 Å². The van der Waals surface area contributed by atoms with Gasteiger partial charge in [0.25, 0.3) is 0 Å². The molecular weight excluding hydrogens is 1070 g/mol. The van der Waals surface area contributed by atoms with Crippen LogP contribution in [0, 0.1) is 20.8 Å². The van der Waals surface area contributed by atoms with Gasteiger partial charge in [-0.3, -0.25) is 28.9 Å². The smallest absolute Gasteiger partial charge is 0.239 e. The Morgan fingerprint density at radius 2 is 1.27 bits per heavy atom. The molecule has 1 aliphatic heterocycles. The molecule has 0 atom stereocenters. The molecule has 10 rings (SSSR count). The molecule has 78 heavy (non-hydrogen) atoms. The van der Waals surface area contributed by atoms with Gasteiger partial charge in [-0.15, -0.1) is 45.3 Å². The standard InChI is InChI=1S/C19H21ClN2O3S.C15H15NOS.C15H17NOS.C13H13NOS/c1-12-13(2)26-19(21-16(23)11-22-7-9-25-10-8-22)17(12)18(24)14-5-3-4-6-15(14)20;1-9-5-7-10(8-6-9)14(17)13-11-3-2-4-12(11)18-15(13)16;1-15(2,3)11-6-4-10(5-7-11)13(17)12-8-9-18-14(12)16;1-2-10-8-11(13(14)16-10)12(15)9-6-4-3-5-7-9/h3-6H,7-11H2,1-2H3,(H,21,23);5-8H,2-4,16H2,1H3;4-9H,16H2,1-3H3;3-8H,2,14H2,1H3. The second-order valence-electron chi connectivity index (χ2n) is 19.9. The van der Waals surface area contributed by atoms with E-state index in [1.54, 1.807) is 41.7 Å². The first-order chi connectivity index (χ1) is 37.2. The summed E-state index contributed by atoms with van der Waals surface area (Å²) in [5.74, 6) is -0.212. The summed E-state index contributed by atoms with van der Waals surface area (Å²) < 4.78 is 5.30. The lowest BCUT2D eigenvalue weighted by atomic mass is 9.86. The summed E-state index contributed by atoms with van der Waals surface area (Å²) in [7, 11) is 0. The van der Waals surface area contributed by atoms with Crippen LogP contribution < -0.4 is 22.5 Å². The second-order valence-corrected chi connectivity index (χ2v) is 24.8. The van der Waals surface area contributed by atoms with Gasteiger partial charge in [0.05, 0.1) is 62.0 Å². The van der Waals surface area contributed by atoms with Crippen molar-refractivity contribution in [1.82, 2.24) is 4.90 Å². The molecule has 8 aromatic rings. The Morgan fingerprint density at radius 3 is 1.88 bits per heavy atom. The monoisotopic (exact) mass is 1140 g/mol. The van der Waals surface area contributed by atoms with Gasteiger partial charge in [-0.25, -0.2) is 0 Å². The molecule has 16 heteroatoms. The van der Waals surface area contributed by atoms with Gasteiger partial charge in [-0.05, 0) is 98.2 Å². The summed E-state index contributed by atoms with van der Waals surface area (Å²) in [5.41, 5.74) is 27.3. The van der Waals surface area contributed by atoms with Crippen molar-refractivity contribution in [3.63, 3.8) is 0 Å². The fraction of sp³-hybridized carbons (Fsp3) is 0.274. The predicted molar refractivity (Wildman–Crippen MR) is 325 cm³/mol. The molecule has 2 aliphatic rings. The van der Waals surface area contributed by atoms with Gasteiger partial charge >= 0.3 is 0 Å². The molecule has 7 N–H and O–H groups in total. The number of carbonyl (C=O) groups excluding carboxylic acids is 5. The van der Waals surface area contributed by atoms with Crippen molar-refractivity contribution < 1.29 is 28.7 Å². The van der Waals surface area contributed by atoms with Crippen LogP contribution >= 0.6 is 56.9 Å². The number of thiophene rings is 4. The van der Waals surface area contributed by atoms with Crippen molar-refractivity contribution in [2.75, 3.05) is 55.4 Å². The van der Waals surface area contributed by atoms with Crippen LogP contribution in [0.15, 0.2) is 121 Å². The van der Waals surface area contributed by atoms with Crippen LogP contribution in [0.2, 0.25) is 5.02 Å². The van der Waals surface area contributed by atoms with Crippen LogP contribution in [-0.2, 0) is 34.2 Å². The van der Waals surface area contributed by atoms with Crippen LogP contribution in [0.3, 0.4) is 0 Å². The number of carbonyl (C=O) groups is 5. The molecule has 406 valence electrons. The van der Waals surface area contributed by atoms with E-state index < -0.39 is 0 Å². The van der Waals surface area contributed by atoms with Gasteiger partial charge in [0.1, 0.15) is 5.00 Å². The van der Waals surface area contributed by atoms with Crippen LogP contribution in [0.1, 0.15) is 135 Å². The Kier molecular flexibility index (Phi) is 20.4. The number of hydrogen-bond acceptors (Lipinski definition) is 14. The van der Waals surface area contributed by atoms with E-state index in [-0.39, 0.29) is 34.5 Å². The number of nitrogen functional groups attached to an aromatic ring is 3. The van der Waals surface area contributed by atoms with Crippen molar-refractivity contribution in [3.8, 4) is 0 Å². The number of benzene rings is 4. The number of ether oxygens (including phenoxy) is 1. The highest BCUT2D eigenvalue weighted by Gasteiger charge is 2.27. The van der Waals surface area contributed by atoms with Crippen LogP contribution in [0.5, 0.6) is 0 Å². The summed E-state index contributed by atoms with van der Waals surface area (Å²) in [6, 6.07) is 35.4. The largest absolute Gasteiger partial charge is 0.390 e. The Bertz CT molecular complexity index is 3400. The van der Waals surface area contributed by atoms with E-state index in [0.29, 0.717) is 78.2 Å². The first-order valence-corrected chi connectivity index (χ1v) is 29.4. The molecule has 0 bridgehead atoms. The van der Waals surface area contributed by atoms with E-state index in [9.17, 15) is 24.0 Å². The highest BCUT2D eigenvalue weighted by molar-refractivity contribution is 7.17. The first kappa shape index (κ1) is 59.1. The summed E-state index contributed by atoms with van der Waals surface area (Å²) in [5, 5.41) is 7.64. The van der Waals surface area contributed by atoms with Gasteiger partial charge in [0.2, 0.25) is 5.91 Å². The van der Waals surface area contributed by atoms with Crippen molar-refractivity contribution in [2.45, 2.75) is 79.6 Å². The number of morpholine rings is 1. The van der Waals surface area contributed by atoms with Gasteiger partial charge < -0.3 is 27.3 Å². The lowest BCUT2D eigenvalue weighted by Crippen LogP contribution is -2.41. The average molecular weight is 1140 g/mol. The van der Waals surface area contributed by atoms with E-state index in [0.717, 1.165) is 70.8 Å². The molecule has 1 amide bonds. The average Bonchev–Trinajstić information content (AvgIpc) is 4.27. The number of amides is 1. The molecular formula is C62H66ClN5O6S4. The Hall–Kier alpha value is -6.56. The Labute approximate surface area is 478 Å². The maximum Gasteiger partial charge on any atom is 0.239 e. The third-order valence-corrected chi connectivity index (χ3v) is 17.8. The molecule has 0 radical (unpaired) electrons. The maximum absolute atomic E-state index is 13.0. The quantitative estimate of drug-likeness (QED) is 0.0857. The number of aryl methyl sites for hydroxylation is 4. The topological polar surface area (TPSA) is 188 Å². The zero-order valence-corrected chi connectivity index (χ0v) is 49.1. The van der Waals surface area contributed by atoms with E-state index in [1.165, 1.54) is 50.0 Å². The number of halogens is 1. The molecule has 1 fully saturated rings. The minimum absolute atomic E-state index is 0.00536. The summed E-state index contributed by atoms with van der Waals surface area (Å²) >= 11 is 12.1. The zero-order valence-electron chi connectivity index (χ0n) is 45.1. The molecule has 4 aromatic carbocycles. The first-order valence-electron chi connectivity index (χ1n) is 25.7. The van der Waals surface area contributed by atoms with E-state index >= 15 is 0 Å². The zero-order chi connectivity index (χ0) is 56.3. The maximum atomic E-state index is 13.0. The minimum atomic E-state index is -0.167. The van der Waals surface area contributed by atoms with Gasteiger partial charge in [-0.1, -0.05) is 136 Å².